The van der Waals surface area contributed by atoms with E-state index in [1.807, 2.05) is 30.3 Å². The Kier molecular flexibility index (Phi) is 5.66. The molecule has 0 aromatic heterocycles. The minimum atomic E-state index is -0.278. The Labute approximate surface area is 147 Å². The first-order valence-electron chi connectivity index (χ1n) is 8.66. The second-order valence-electron chi connectivity index (χ2n) is 6.41. The van der Waals surface area contributed by atoms with Crippen molar-refractivity contribution >= 4 is 6.03 Å². The van der Waals surface area contributed by atoms with Crippen LogP contribution in [0.4, 0.5) is 9.18 Å². The summed E-state index contributed by atoms with van der Waals surface area (Å²) >= 11 is 0. The lowest BCUT2D eigenvalue weighted by molar-refractivity contribution is 0.234. The molecule has 2 unspecified atom stereocenters. The van der Waals surface area contributed by atoms with Crippen LogP contribution in [0.5, 0.6) is 0 Å². The molecule has 4 nitrogen and oxygen atoms in total. The predicted molar refractivity (Wildman–Crippen MR) is 94.9 cm³/mol. The summed E-state index contributed by atoms with van der Waals surface area (Å²) in [6, 6.07) is 14.2. The molecular formula is C20H23FN2O2. The van der Waals surface area contributed by atoms with E-state index in [1.54, 1.807) is 6.07 Å². The molecule has 0 bridgehead atoms. The normalized spacial score (nSPS) is 17.0. The number of nitrogens with one attached hydrogen (secondary N) is 2. The molecule has 2 amide bonds. The van der Waals surface area contributed by atoms with Crippen molar-refractivity contribution in [3.8, 4) is 0 Å². The highest BCUT2D eigenvalue weighted by atomic mass is 19.1. The van der Waals surface area contributed by atoms with E-state index in [2.05, 4.69) is 10.6 Å². The lowest BCUT2D eigenvalue weighted by Crippen LogP contribution is -2.39. The van der Waals surface area contributed by atoms with Gasteiger partial charge in [-0.05, 0) is 48.1 Å². The van der Waals surface area contributed by atoms with Crippen LogP contribution in [0.1, 0.15) is 41.5 Å². The topological polar surface area (TPSA) is 61.4 Å². The molecule has 0 fully saturated rings. The van der Waals surface area contributed by atoms with Crippen molar-refractivity contribution in [1.82, 2.24) is 10.6 Å². The third kappa shape index (κ3) is 4.37. The number of urea groups is 1. The van der Waals surface area contributed by atoms with E-state index >= 15 is 0 Å². The van der Waals surface area contributed by atoms with E-state index in [9.17, 15) is 14.3 Å². The highest BCUT2D eigenvalue weighted by Gasteiger charge is 2.24. The number of carbonyl (C=O) groups excluding carboxylic acids is 1. The summed E-state index contributed by atoms with van der Waals surface area (Å²) in [7, 11) is 0. The Morgan fingerprint density at radius 2 is 2.04 bits per heavy atom. The fourth-order valence-electron chi connectivity index (χ4n) is 3.42. The molecule has 2 aromatic carbocycles. The van der Waals surface area contributed by atoms with Crippen LogP contribution in [0.3, 0.4) is 0 Å². The number of aliphatic hydroxyl groups is 1. The number of fused-ring (bicyclic) bond motifs is 1. The van der Waals surface area contributed by atoms with Gasteiger partial charge in [-0.2, -0.15) is 0 Å². The van der Waals surface area contributed by atoms with Crippen LogP contribution in [0, 0.1) is 5.82 Å². The monoisotopic (exact) mass is 342 g/mol. The van der Waals surface area contributed by atoms with E-state index in [0.29, 0.717) is 13.0 Å². The zero-order chi connectivity index (χ0) is 17.6. The minimum absolute atomic E-state index is 0.0604. The summed E-state index contributed by atoms with van der Waals surface area (Å²) in [5, 5.41) is 15.1. The molecule has 0 saturated heterocycles. The maximum absolute atomic E-state index is 13.4. The second-order valence-corrected chi connectivity index (χ2v) is 6.41. The van der Waals surface area contributed by atoms with Crippen LogP contribution < -0.4 is 10.6 Å². The van der Waals surface area contributed by atoms with Gasteiger partial charge in [0.25, 0.3) is 0 Å². The zero-order valence-corrected chi connectivity index (χ0v) is 14.0. The average Bonchev–Trinajstić information content (AvgIpc) is 3.01. The molecule has 2 aromatic rings. The molecule has 0 spiro atoms. The molecule has 25 heavy (non-hydrogen) atoms. The molecule has 132 valence electrons. The van der Waals surface area contributed by atoms with Crippen LogP contribution in [0.2, 0.25) is 0 Å². The van der Waals surface area contributed by atoms with Gasteiger partial charge >= 0.3 is 6.03 Å². The third-order valence-corrected chi connectivity index (χ3v) is 4.75. The lowest BCUT2D eigenvalue weighted by Gasteiger charge is -2.19. The van der Waals surface area contributed by atoms with Gasteiger partial charge < -0.3 is 15.7 Å². The summed E-state index contributed by atoms with van der Waals surface area (Å²) in [6.07, 6.45) is 2.21. The van der Waals surface area contributed by atoms with E-state index < -0.39 is 0 Å². The van der Waals surface area contributed by atoms with Gasteiger partial charge in [0.05, 0.1) is 6.04 Å². The molecule has 3 N–H and O–H groups in total. The fraction of sp³-hybridized carbons (Fsp3) is 0.350. The molecule has 0 aliphatic heterocycles. The molecule has 2 atom stereocenters. The van der Waals surface area contributed by atoms with Crippen LogP contribution >= 0.6 is 0 Å². The number of halogens is 1. The van der Waals surface area contributed by atoms with Crippen LogP contribution in [-0.2, 0) is 6.42 Å². The Morgan fingerprint density at radius 3 is 2.80 bits per heavy atom. The minimum Gasteiger partial charge on any atom is -0.396 e. The molecule has 0 radical (unpaired) electrons. The van der Waals surface area contributed by atoms with Crippen molar-refractivity contribution in [2.75, 3.05) is 13.2 Å². The number of carbonyl (C=O) groups is 1. The highest BCUT2D eigenvalue weighted by molar-refractivity contribution is 5.74. The van der Waals surface area contributed by atoms with E-state index in [-0.39, 0.29) is 30.4 Å². The number of benzene rings is 2. The molecule has 1 aliphatic rings. The molecule has 0 heterocycles. The highest BCUT2D eigenvalue weighted by Crippen LogP contribution is 2.31. The summed E-state index contributed by atoms with van der Waals surface area (Å²) < 4.78 is 13.4. The Balaban J connectivity index is 1.57. The van der Waals surface area contributed by atoms with Crippen molar-refractivity contribution in [3.05, 3.63) is 71.0 Å². The summed E-state index contributed by atoms with van der Waals surface area (Å²) in [4.78, 5) is 12.3. The van der Waals surface area contributed by atoms with Gasteiger partial charge in [0.2, 0.25) is 0 Å². The molecular weight excluding hydrogens is 319 g/mol. The maximum atomic E-state index is 13.4. The van der Waals surface area contributed by atoms with Crippen molar-refractivity contribution in [2.45, 2.75) is 31.2 Å². The SMILES string of the molecule is O=C(NCC(CCO)c1ccccc1)NC1CCc2ccc(F)cc21. The summed E-state index contributed by atoms with van der Waals surface area (Å²) in [6.45, 7) is 0.511. The Hall–Kier alpha value is -2.40. The van der Waals surface area contributed by atoms with Gasteiger partial charge in [0, 0.05) is 19.1 Å². The molecule has 5 heteroatoms. The van der Waals surface area contributed by atoms with Crippen LogP contribution in [0.25, 0.3) is 0 Å². The lowest BCUT2D eigenvalue weighted by atomic mass is 9.96. The average molecular weight is 342 g/mol. The summed E-state index contributed by atoms with van der Waals surface area (Å²) in [5.41, 5.74) is 3.05. The fourth-order valence-corrected chi connectivity index (χ4v) is 3.42. The van der Waals surface area contributed by atoms with Gasteiger partial charge in [-0.15, -0.1) is 0 Å². The van der Waals surface area contributed by atoms with Crippen molar-refractivity contribution < 1.29 is 14.3 Å². The molecule has 0 saturated carbocycles. The van der Waals surface area contributed by atoms with Crippen LogP contribution in [-0.4, -0.2) is 24.3 Å². The molecule has 1 aliphatic carbocycles. The zero-order valence-electron chi connectivity index (χ0n) is 14.0. The Morgan fingerprint density at radius 1 is 1.24 bits per heavy atom. The quantitative estimate of drug-likeness (QED) is 0.754. The van der Waals surface area contributed by atoms with Crippen molar-refractivity contribution in [1.29, 1.82) is 0 Å². The van der Waals surface area contributed by atoms with E-state index in [4.69, 9.17) is 0 Å². The number of aryl methyl sites for hydroxylation is 1. The third-order valence-electron chi connectivity index (χ3n) is 4.75. The van der Waals surface area contributed by atoms with Gasteiger partial charge in [-0.1, -0.05) is 36.4 Å². The largest absolute Gasteiger partial charge is 0.396 e. The summed E-state index contributed by atoms with van der Waals surface area (Å²) in [5.74, 6) is -0.217. The molecule has 3 rings (SSSR count). The number of amides is 2. The Bertz CT molecular complexity index is 721. The number of aliphatic hydroxyl groups excluding tert-OH is 1. The van der Waals surface area contributed by atoms with Crippen LogP contribution in [0.15, 0.2) is 48.5 Å². The second kappa shape index (κ2) is 8.12. The van der Waals surface area contributed by atoms with Gasteiger partial charge in [-0.3, -0.25) is 0 Å². The number of rotatable bonds is 6. The van der Waals surface area contributed by atoms with Gasteiger partial charge in [0.1, 0.15) is 5.82 Å². The number of hydrogen-bond donors (Lipinski definition) is 3. The first-order valence-corrected chi connectivity index (χ1v) is 8.66. The predicted octanol–water partition coefficient (Wildman–Crippen LogP) is 3.28. The smallest absolute Gasteiger partial charge is 0.315 e. The number of hydrogen-bond acceptors (Lipinski definition) is 2. The van der Waals surface area contributed by atoms with E-state index in [1.165, 1.54) is 12.1 Å². The van der Waals surface area contributed by atoms with Crippen molar-refractivity contribution in [2.24, 2.45) is 0 Å². The van der Waals surface area contributed by atoms with Gasteiger partial charge in [0.15, 0.2) is 0 Å². The first kappa shape index (κ1) is 17.4. The van der Waals surface area contributed by atoms with Crippen molar-refractivity contribution in [3.63, 3.8) is 0 Å². The first-order chi connectivity index (χ1) is 12.2. The maximum Gasteiger partial charge on any atom is 0.315 e. The van der Waals surface area contributed by atoms with Gasteiger partial charge in [-0.25, -0.2) is 9.18 Å². The van der Waals surface area contributed by atoms with E-state index in [0.717, 1.165) is 29.5 Å². The standard InChI is InChI=1S/C20H23FN2O2/c21-17-8-6-15-7-9-19(18(15)12-17)23-20(25)22-13-16(10-11-24)14-4-2-1-3-5-14/h1-6,8,12,16,19,24H,7,9-11,13H2,(H2,22,23,25).